The van der Waals surface area contributed by atoms with Crippen molar-refractivity contribution in [3.8, 4) is 28.7 Å². The number of methoxy groups -OCH3 is 2. The van der Waals surface area contributed by atoms with Crippen molar-refractivity contribution in [2.75, 3.05) is 53.8 Å². The third-order valence-corrected chi connectivity index (χ3v) is 7.96. The lowest BCUT2D eigenvalue weighted by Gasteiger charge is -2.39. The van der Waals surface area contributed by atoms with Crippen LogP contribution >= 0.6 is 0 Å². The summed E-state index contributed by atoms with van der Waals surface area (Å²) in [5.41, 5.74) is 7.82. The summed E-state index contributed by atoms with van der Waals surface area (Å²) in [6.07, 6.45) is 2.79. The number of nitrogens with one attached hydrogen (secondary N) is 3. The SMILES string of the molecule is COc1cc(C2c3cc4c(cc3[C@@H](NC(=O)NCCCNCCCCN)[C@H]3COC(=O)[C@H]23)OCO4)cc(OC)c1O. The molecule has 2 aliphatic heterocycles. The van der Waals surface area contributed by atoms with Crippen molar-refractivity contribution in [3.05, 3.63) is 41.0 Å². The lowest BCUT2D eigenvalue weighted by atomic mass is 9.65. The number of unbranched alkanes of at least 4 members (excludes halogenated alkanes) is 1. The van der Waals surface area contributed by atoms with Crippen LogP contribution in [-0.4, -0.2) is 70.9 Å². The minimum absolute atomic E-state index is 0.0808. The van der Waals surface area contributed by atoms with Crippen LogP contribution in [0.4, 0.5) is 4.79 Å². The van der Waals surface area contributed by atoms with Gasteiger partial charge in [-0.1, -0.05) is 0 Å². The van der Waals surface area contributed by atoms with Crippen LogP contribution in [0.1, 0.15) is 47.9 Å². The molecule has 41 heavy (non-hydrogen) atoms. The second-order valence-corrected chi connectivity index (χ2v) is 10.4. The molecule has 2 aromatic carbocycles. The third kappa shape index (κ3) is 5.80. The number of hydrogen-bond acceptors (Lipinski definition) is 10. The van der Waals surface area contributed by atoms with Crippen molar-refractivity contribution in [2.45, 2.75) is 31.2 Å². The molecule has 0 spiro atoms. The van der Waals surface area contributed by atoms with Crippen molar-refractivity contribution in [2.24, 2.45) is 17.6 Å². The zero-order valence-electron chi connectivity index (χ0n) is 23.4. The topological polar surface area (TPSA) is 163 Å². The maximum Gasteiger partial charge on any atom is 0.315 e. The zero-order chi connectivity index (χ0) is 28.9. The number of benzene rings is 2. The van der Waals surface area contributed by atoms with Gasteiger partial charge < -0.3 is 50.5 Å². The molecule has 2 aromatic rings. The highest BCUT2D eigenvalue weighted by molar-refractivity contribution is 5.80. The summed E-state index contributed by atoms with van der Waals surface area (Å²) >= 11 is 0. The van der Waals surface area contributed by atoms with Gasteiger partial charge in [-0.25, -0.2) is 4.79 Å². The Morgan fingerprint density at radius 3 is 2.34 bits per heavy atom. The van der Waals surface area contributed by atoms with Crippen molar-refractivity contribution in [1.29, 1.82) is 0 Å². The van der Waals surface area contributed by atoms with E-state index >= 15 is 0 Å². The molecule has 12 heteroatoms. The molecule has 12 nitrogen and oxygen atoms in total. The first-order chi connectivity index (χ1) is 20.0. The number of carbonyl (C=O) groups excluding carboxylic acids is 2. The van der Waals surface area contributed by atoms with Crippen LogP contribution in [0.5, 0.6) is 28.7 Å². The summed E-state index contributed by atoms with van der Waals surface area (Å²) in [7, 11) is 2.91. The van der Waals surface area contributed by atoms with E-state index in [0.717, 1.165) is 43.5 Å². The Morgan fingerprint density at radius 1 is 0.976 bits per heavy atom. The molecule has 0 aromatic heterocycles. The van der Waals surface area contributed by atoms with Gasteiger partial charge in [-0.15, -0.1) is 0 Å². The Balaban J connectivity index is 1.42. The van der Waals surface area contributed by atoms with Gasteiger partial charge >= 0.3 is 12.0 Å². The second-order valence-electron chi connectivity index (χ2n) is 10.4. The predicted octanol–water partition coefficient (Wildman–Crippen LogP) is 2.13. The van der Waals surface area contributed by atoms with Crippen LogP contribution in [0.15, 0.2) is 24.3 Å². The highest BCUT2D eigenvalue weighted by Gasteiger charge is 2.53. The molecule has 0 radical (unpaired) electrons. The average Bonchev–Trinajstić information content (AvgIpc) is 3.60. The number of aromatic hydroxyl groups is 1. The van der Waals surface area contributed by atoms with Gasteiger partial charge in [-0.2, -0.15) is 0 Å². The quantitative estimate of drug-likeness (QED) is 0.189. The minimum Gasteiger partial charge on any atom is -0.502 e. The van der Waals surface area contributed by atoms with Gasteiger partial charge in [0.2, 0.25) is 12.5 Å². The van der Waals surface area contributed by atoms with E-state index in [2.05, 4.69) is 16.0 Å². The maximum atomic E-state index is 13.2. The Bertz CT molecular complexity index is 1250. The highest BCUT2D eigenvalue weighted by atomic mass is 16.7. The number of esters is 1. The van der Waals surface area contributed by atoms with E-state index < -0.39 is 17.9 Å². The van der Waals surface area contributed by atoms with E-state index in [0.29, 0.717) is 30.2 Å². The third-order valence-electron chi connectivity index (χ3n) is 7.96. The first kappa shape index (κ1) is 28.6. The van der Waals surface area contributed by atoms with Gasteiger partial charge in [0.25, 0.3) is 0 Å². The number of nitrogens with two attached hydrogens (primary N) is 1. The molecule has 222 valence electrons. The fraction of sp³-hybridized carbons (Fsp3) is 0.517. The van der Waals surface area contributed by atoms with Gasteiger partial charge in [0, 0.05) is 18.4 Å². The number of phenolic OH excluding ortho intramolecular Hbond substituents is 1. The maximum absolute atomic E-state index is 13.2. The number of hydrogen-bond donors (Lipinski definition) is 5. The molecule has 1 saturated heterocycles. The van der Waals surface area contributed by atoms with Crippen LogP contribution in [0.3, 0.4) is 0 Å². The molecule has 0 bridgehead atoms. The lowest BCUT2D eigenvalue weighted by Crippen LogP contribution is -2.46. The Morgan fingerprint density at radius 2 is 1.66 bits per heavy atom. The molecular weight excluding hydrogens is 532 g/mol. The van der Waals surface area contributed by atoms with Gasteiger partial charge in [0.15, 0.2) is 23.0 Å². The molecule has 2 heterocycles. The Kier molecular flexibility index (Phi) is 8.89. The van der Waals surface area contributed by atoms with E-state index in [1.165, 1.54) is 14.2 Å². The molecule has 0 saturated carbocycles. The molecule has 1 unspecified atom stereocenters. The van der Waals surface area contributed by atoms with E-state index in [1.54, 1.807) is 12.1 Å². The van der Waals surface area contributed by atoms with Crippen molar-refractivity contribution >= 4 is 12.0 Å². The lowest BCUT2D eigenvalue weighted by molar-refractivity contribution is -0.141. The van der Waals surface area contributed by atoms with E-state index in [9.17, 15) is 14.7 Å². The number of urea groups is 1. The van der Waals surface area contributed by atoms with Crippen LogP contribution in [0.25, 0.3) is 0 Å². The highest BCUT2D eigenvalue weighted by Crippen LogP contribution is 2.55. The summed E-state index contributed by atoms with van der Waals surface area (Å²) in [5.74, 6) is -0.356. The molecule has 1 aliphatic carbocycles. The van der Waals surface area contributed by atoms with Crippen molar-refractivity contribution in [3.63, 3.8) is 0 Å². The molecule has 4 atom stereocenters. The summed E-state index contributed by atoms with van der Waals surface area (Å²) in [5, 5.41) is 19.9. The second kappa shape index (κ2) is 12.7. The largest absolute Gasteiger partial charge is 0.502 e. The first-order valence-electron chi connectivity index (χ1n) is 14.0. The van der Waals surface area contributed by atoms with E-state index in [4.69, 9.17) is 29.4 Å². The number of cyclic esters (lactones) is 1. The number of ether oxygens (including phenoxy) is 5. The molecule has 2 amide bonds. The minimum atomic E-state index is -0.607. The molecule has 5 rings (SSSR count). The van der Waals surface area contributed by atoms with Gasteiger partial charge in [-0.05, 0) is 79.9 Å². The fourth-order valence-electron chi connectivity index (χ4n) is 5.97. The number of rotatable bonds is 12. The number of carbonyl (C=O) groups is 2. The van der Waals surface area contributed by atoms with Gasteiger partial charge in [0.05, 0.1) is 32.8 Å². The van der Waals surface area contributed by atoms with E-state index in [-0.39, 0.29) is 48.6 Å². The van der Waals surface area contributed by atoms with Crippen LogP contribution in [0, 0.1) is 11.8 Å². The number of fused-ring (bicyclic) bond motifs is 3. The summed E-state index contributed by atoms with van der Waals surface area (Å²) in [6.45, 7) is 3.10. The zero-order valence-corrected chi connectivity index (χ0v) is 23.4. The Hall–Kier alpha value is -3.90. The average molecular weight is 571 g/mol. The normalized spacial score (nSPS) is 22.0. The molecule has 6 N–H and O–H groups in total. The molecule has 1 fully saturated rings. The summed E-state index contributed by atoms with van der Waals surface area (Å²) < 4.78 is 27.7. The monoisotopic (exact) mass is 570 g/mol. The van der Waals surface area contributed by atoms with Gasteiger partial charge in [-0.3, -0.25) is 4.79 Å². The number of amides is 2. The Labute approximate surface area is 238 Å². The summed E-state index contributed by atoms with van der Waals surface area (Å²) in [6, 6.07) is 6.29. The first-order valence-corrected chi connectivity index (χ1v) is 14.0. The van der Waals surface area contributed by atoms with Crippen LogP contribution in [-0.2, 0) is 9.53 Å². The van der Waals surface area contributed by atoms with Crippen molar-refractivity contribution in [1.82, 2.24) is 16.0 Å². The summed E-state index contributed by atoms with van der Waals surface area (Å²) in [4.78, 5) is 26.3. The predicted molar refractivity (Wildman–Crippen MR) is 149 cm³/mol. The smallest absolute Gasteiger partial charge is 0.315 e. The van der Waals surface area contributed by atoms with Gasteiger partial charge in [0.1, 0.15) is 0 Å². The van der Waals surface area contributed by atoms with Crippen LogP contribution in [0.2, 0.25) is 0 Å². The molecular formula is C29H38N4O8. The number of phenols is 1. The fourth-order valence-corrected chi connectivity index (χ4v) is 5.97. The van der Waals surface area contributed by atoms with E-state index in [1.807, 2.05) is 12.1 Å². The van der Waals surface area contributed by atoms with Crippen molar-refractivity contribution < 1.29 is 38.4 Å². The standard InChI is InChI=1S/C29H38N4O8/c1-37-22-10-16(11-23(38-2)27(22)34)24-17-12-20-21(41-15-40-20)13-18(17)26(19-14-39-28(35)25(19)24)33-29(36)32-9-5-8-31-7-4-3-6-30/h10-13,19,24-26,31,34H,3-9,14-15,30H2,1-2H3,(H2,32,33,36)/t19-,24?,25-,26+/m0/s1. The van der Waals surface area contributed by atoms with Crippen LogP contribution < -0.4 is 40.6 Å². The molecule has 3 aliphatic rings.